The van der Waals surface area contributed by atoms with Gasteiger partial charge in [0.1, 0.15) is 12.1 Å². The van der Waals surface area contributed by atoms with Crippen LogP contribution in [0, 0.1) is 36.5 Å². The third kappa shape index (κ3) is 6.08. The first-order valence-corrected chi connectivity index (χ1v) is 23.6. The molecule has 1 aliphatic rings. The quantitative estimate of drug-likeness (QED) is 0.167. The number of rotatable bonds is 6. The maximum atomic E-state index is 12.1. The molecule has 0 saturated carbocycles. The van der Waals surface area contributed by atoms with Crippen LogP contribution in [0.3, 0.4) is 0 Å². The molecule has 0 aliphatic heterocycles. The maximum Gasteiger partial charge on any atom is 0.102 e. The van der Waals surface area contributed by atoms with E-state index < -0.39 is 0 Å². The Bertz CT molecular complexity index is 4220. The topological polar surface area (TPSA) is 62.4 Å². The van der Waals surface area contributed by atoms with E-state index in [4.69, 9.17) is 0 Å². The van der Waals surface area contributed by atoms with Gasteiger partial charge in [0, 0.05) is 37.9 Å². The summed E-state index contributed by atoms with van der Waals surface area (Å²) in [5.41, 5.74) is 17.1. The first kappa shape index (κ1) is 40.1. The molecule has 0 bridgehead atoms. The Balaban J connectivity index is 1.30. The minimum absolute atomic E-state index is 0.416. The summed E-state index contributed by atoms with van der Waals surface area (Å²) < 4.78 is 6.96. The van der Waals surface area contributed by atoms with Crippen molar-refractivity contribution in [3.05, 3.63) is 228 Å². The molecule has 13 rings (SSSR count). The van der Waals surface area contributed by atoms with Gasteiger partial charge in [-0.3, -0.25) is 0 Å². The molecule has 0 atom stereocenters. The highest BCUT2D eigenvalue weighted by molar-refractivity contribution is 6.16. The molecule has 0 unspecified atom stereocenters. The zero-order chi connectivity index (χ0) is 46.3. The van der Waals surface area contributed by atoms with E-state index in [1.165, 1.54) is 5.57 Å². The van der Waals surface area contributed by atoms with Crippen molar-refractivity contribution in [2.24, 2.45) is 0 Å². The Hall–Kier alpha value is -9.16. The van der Waals surface area contributed by atoms with E-state index in [9.17, 15) is 10.5 Å². The van der Waals surface area contributed by atoms with Gasteiger partial charge >= 0.3 is 0 Å². The molecule has 0 amide bonds. The van der Waals surface area contributed by atoms with Crippen LogP contribution in [0.4, 0.5) is 0 Å². The minimum Gasteiger partial charge on any atom is -0.306 e. The zero-order valence-electron chi connectivity index (χ0n) is 38.2. The smallest absolute Gasteiger partial charge is 0.102 e. The average molecular weight is 882 g/mol. The Morgan fingerprint density at radius 1 is 0.377 bits per heavy atom. The zero-order valence-corrected chi connectivity index (χ0v) is 38.2. The molecule has 1 aliphatic carbocycles. The molecule has 0 radical (unpaired) electrons. The summed E-state index contributed by atoms with van der Waals surface area (Å²) in [6.07, 6.45) is 8.86. The van der Waals surface area contributed by atoms with Crippen molar-refractivity contribution in [1.82, 2.24) is 13.7 Å². The van der Waals surface area contributed by atoms with Crippen LogP contribution in [0.1, 0.15) is 40.7 Å². The van der Waals surface area contributed by atoms with Crippen LogP contribution >= 0.6 is 0 Å². The molecule has 0 saturated heterocycles. The van der Waals surface area contributed by atoms with E-state index >= 15 is 0 Å². The number of aromatic nitrogens is 3. The first-order chi connectivity index (χ1) is 34.0. The predicted molar refractivity (Wildman–Crippen MR) is 286 cm³/mol. The minimum atomic E-state index is 0.416. The summed E-state index contributed by atoms with van der Waals surface area (Å²) in [6.45, 7) is 4.28. The fourth-order valence-corrected chi connectivity index (χ4v) is 11.2. The van der Waals surface area contributed by atoms with Gasteiger partial charge in [0.05, 0.1) is 61.3 Å². The summed E-state index contributed by atoms with van der Waals surface area (Å²) in [6, 6.07) is 69.9. The highest BCUT2D eigenvalue weighted by atomic mass is 15.1. The van der Waals surface area contributed by atoms with Crippen LogP contribution in [-0.2, 0) is 0 Å². The Morgan fingerprint density at radius 3 is 1.33 bits per heavy atom. The second kappa shape index (κ2) is 15.7. The number of hydrogen-bond acceptors (Lipinski definition) is 2. The third-order valence-corrected chi connectivity index (χ3v) is 14.2. The van der Waals surface area contributed by atoms with Crippen molar-refractivity contribution in [1.29, 1.82) is 10.5 Å². The van der Waals surface area contributed by atoms with Gasteiger partial charge in [-0.2, -0.15) is 10.5 Å². The van der Waals surface area contributed by atoms with E-state index in [0.29, 0.717) is 28.1 Å². The lowest BCUT2D eigenvalue weighted by atomic mass is 9.90. The van der Waals surface area contributed by atoms with Gasteiger partial charge in [0.2, 0.25) is 0 Å². The fraction of sp³-hybridized carbons (Fsp3) is 0.0625. The van der Waals surface area contributed by atoms with Crippen LogP contribution in [0.15, 0.2) is 200 Å². The fourth-order valence-electron chi connectivity index (χ4n) is 11.2. The summed E-state index contributed by atoms with van der Waals surface area (Å²) in [4.78, 5) is 0. The lowest BCUT2D eigenvalue weighted by molar-refractivity contribution is 1.04. The molecule has 5 nitrogen and oxygen atoms in total. The molecule has 9 aromatic carbocycles. The summed E-state index contributed by atoms with van der Waals surface area (Å²) in [5, 5.41) is 30.6. The van der Waals surface area contributed by atoms with Crippen LogP contribution < -0.4 is 0 Å². The number of fused-ring (bicyclic) bond motifs is 9. The Morgan fingerprint density at radius 2 is 0.812 bits per heavy atom. The molecule has 0 N–H and O–H groups in total. The number of aryl methyl sites for hydroxylation is 2. The lowest BCUT2D eigenvalue weighted by Crippen LogP contribution is -2.15. The van der Waals surface area contributed by atoms with Crippen molar-refractivity contribution >= 4 is 71.0 Å². The molecule has 3 heterocycles. The monoisotopic (exact) mass is 881 g/mol. The second-order valence-corrected chi connectivity index (χ2v) is 18.3. The molecule has 3 aromatic heterocycles. The number of benzene rings is 9. The van der Waals surface area contributed by atoms with Crippen LogP contribution in [-0.4, -0.2) is 13.7 Å². The van der Waals surface area contributed by atoms with Crippen molar-refractivity contribution < 1.29 is 0 Å². The van der Waals surface area contributed by atoms with E-state index in [-0.39, 0.29) is 0 Å². The van der Waals surface area contributed by atoms with Crippen molar-refractivity contribution in [2.45, 2.75) is 26.7 Å². The van der Waals surface area contributed by atoms with Gasteiger partial charge in [-0.05, 0) is 115 Å². The number of para-hydroxylation sites is 2. The lowest BCUT2D eigenvalue weighted by Gasteiger charge is -2.26. The number of nitrogens with zero attached hydrogens (tertiary/aromatic N) is 5. The molecular formula is C64H43N5. The number of nitriles is 2. The SMILES string of the molecule is Cc1ccc2c(c1)c1cc(C3=CCCC=C3)ccc1n2-c1c(C#N)c(-c2ccccc2)c(C#N)c(-n2c3ccc(C)cc3c3cc(-c4ccccc4)ccc32)c1-n1c2ccccc2c2ccccc21. The largest absolute Gasteiger partial charge is 0.306 e. The van der Waals surface area contributed by atoms with E-state index in [1.807, 2.05) is 36.4 Å². The van der Waals surface area contributed by atoms with Gasteiger partial charge < -0.3 is 13.7 Å². The van der Waals surface area contributed by atoms with Gasteiger partial charge in [-0.1, -0.05) is 151 Å². The summed E-state index contributed by atoms with van der Waals surface area (Å²) >= 11 is 0. The first-order valence-electron chi connectivity index (χ1n) is 23.6. The molecule has 324 valence electrons. The number of hydrogen-bond donors (Lipinski definition) is 0. The van der Waals surface area contributed by atoms with Gasteiger partial charge in [-0.25, -0.2) is 0 Å². The van der Waals surface area contributed by atoms with Crippen molar-refractivity contribution in [3.8, 4) is 51.5 Å². The van der Waals surface area contributed by atoms with Gasteiger partial charge in [0.25, 0.3) is 0 Å². The molecule has 12 aromatic rings. The van der Waals surface area contributed by atoms with E-state index in [2.05, 4.69) is 204 Å². The van der Waals surface area contributed by atoms with E-state index in [1.54, 1.807) is 0 Å². The second-order valence-electron chi connectivity index (χ2n) is 18.3. The summed E-state index contributed by atoms with van der Waals surface area (Å²) in [5.74, 6) is 0. The normalized spacial score (nSPS) is 12.7. The van der Waals surface area contributed by atoms with Gasteiger partial charge in [0.15, 0.2) is 0 Å². The highest BCUT2D eigenvalue weighted by Gasteiger charge is 2.33. The van der Waals surface area contributed by atoms with Crippen LogP contribution in [0.5, 0.6) is 0 Å². The molecule has 0 fully saturated rings. The average Bonchev–Trinajstić information content (AvgIpc) is 4.02. The molecular weight excluding hydrogens is 839 g/mol. The van der Waals surface area contributed by atoms with E-state index in [0.717, 1.165) is 117 Å². The summed E-state index contributed by atoms with van der Waals surface area (Å²) in [7, 11) is 0. The molecule has 0 spiro atoms. The van der Waals surface area contributed by atoms with Gasteiger partial charge in [-0.15, -0.1) is 0 Å². The Kier molecular flexibility index (Phi) is 9.16. The third-order valence-electron chi connectivity index (χ3n) is 14.2. The van der Waals surface area contributed by atoms with Crippen molar-refractivity contribution in [2.75, 3.05) is 0 Å². The van der Waals surface area contributed by atoms with Crippen LogP contribution in [0.2, 0.25) is 0 Å². The predicted octanol–water partition coefficient (Wildman–Crippen LogP) is 16.4. The number of allylic oxidation sites excluding steroid dienone is 4. The molecule has 5 heteroatoms. The molecule has 69 heavy (non-hydrogen) atoms. The van der Waals surface area contributed by atoms with Crippen LogP contribution in [0.25, 0.3) is 110 Å². The maximum absolute atomic E-state index is 12.1. The Labute approximate surface area is 399 Å². The van der Waals surface area contributed by atoms with Crippen molar-refractivity contribution in [3.63, 3.8) is 0 Å². The standard InChI is InChI=1S/C64H43N5/c1-40-26-30-57-49(34-40)51-36-45(42-16-6-3-7-17-42)28-32-59(51)67(57)62-53(38-65)61(44-20-10-5-11-21-44)54(39-66)63(64(62)69-55-24-14-12-22-47(55)48-23-13-15-25-56(48)69)68-58-31-27-41(2)35-50(58)52-37-46(29-33-60(52)68)43-18-8-4-9-19-43/h3,5-8,10-37H,4,9H2,1-2H3. The highest BCUT2D eigenvalue weighted by Crippen LogP contribution is 2.49.